The topological polar surface area (TPSA) is 53.0 Å². The SMILES string of the molecule is CCOCC(=O)N1CCN(C[C@H](O)C(C)(C)C)CC1. The van der Waals surface area contributed by atoms with Gasteiger partial charge in [-0.3, -0.25) is 9.69 Å². The molecular weight excluding hydrogens is 244 g/mol. The summed E-state index contributed by atoms with van der Waals surface area (Å²) in [6.07, 6.45) is -0.335. The highest BCUT2D eigenvalue weighted by molar-refractivity contribution is 5.77. The van der Waals surface area contributed by atoms with Crippen LogP contribution in [0.1, 0.15) is 27.7 Å². The van der Waals surface area contributed by atoms with Gasteiger partial charge in [0.2, 0.25) is 5.91 Å². The van der Waals surface area contributed by atoms with Crippen LogP contribution in [0.3, 0.4) is 0 Å². The molecule has 5 nitrogen and oxygen atoms in total. The molecule has 0 aromatic rings. The molecule has 0 aliphatic carbocycles. The number of piperazine rings is 1. The molecule has 0 spiro atoms. The molecule has 1 heterocycles. The second-order valence-electron chi connectivity index (χ2n) is 6.20. The third-order valence-corrected chi connectivity index (χ3v) is 3.59. The third kappa shape index (κ3) is 5.47. The van der Waals surface area contributed by atoms with E-state index in [1.165, 1.54) is 0 Å². The lowest BCUT2D eigenvalue weighted by atomic mass is 9.89. The van der Waals surface area contributed by atoms with Gasteiger partial charge in [0, 0.05) is 39.3 Å². The predicted octanol–water partition coefficient (Wildman–Crippen LogP) is 0.574. The minimum absolute atomic E-state index is 0.0675. The van der Waals surface area contributed by atoms with Crippen LogP contribution in [0.2, 0.25) is 0 Å². The van der Waals surface area contributed by atoms with Crippen molar-refractivity contribution < 1.29 is 14.6 Å². The average Bonchev–Trinajstić information content (AvgIpc) is 2.35. The molecule has 0 unspecified atom stereocenters. The first-order valence-electron chi connectivity index (χ1n) is 7.10. The fraction of sp³-hybridized carbons (Fsp3) is 0.929. The maximum absolute atomic E-state index is 11.8. The molecule has 1 aliphatic heterocycles. The Morgan fingerprint density at radius 3 is 2.32 bits per heavy atom. The molecule has 1 atom stereocenters. The molecule has 1 amide bonds. The molecular formula is C14H28N2O3. The highest BCUT2D eigenvalue weighted by atomic mass is 16.5. The summed E-state index contributed by atoms with van der Waals surface area (Å²) in [6.45, 7) is 12.5. The molecule has 5 heteroatoms. The van der Waals surface area contributed by atoms with Crippen LogP contribution in [-0.2, 0) is 9.53 Å². The van der Waals surface area contributed by atoms with Crippen LogP contribution in [0.5, 0.6) is 0 Å². The molecule has 112 valence electrons. The molecule has 1 fully saturated rings. The van der Waals surface area contributed by atoms with E-state index in [-0.39, 0.29) is 24.0 Å². The highest BCUT2D eigenvalue weighted by Gasteiger charge is 2.27. The number of rotatable bonds is 5. The van der Waals surface area contributed by atoms with Crippen LogP contribution in [0, 0.1) is 5.41 Å². The second-order valence-corrected chi connectivity index (χ2v) is 6.20. The molecule has 0 radical (unpaired) electrons. The monoisotopic (exact) mass is 272 g/mol. The Morgan fingerprint density at radius 1 is 1.26 bits per heavy atom. The summed E-state index contributed by atoms with van der Waals surface area (Å²) in [5.74, 6) is 0.0675. The molecule has 0 saturated carbocycles. The fourth-order valence-corrected chi connectivity index (χ4v) is 1.98. The predicted molar refractivity (Wildman–Crippen MR) is 75.0 cm³/mol. The van der Waals surface area contributed by atoms with Crippen molar-refractivity contribution in [2.24, 2.45) is 5.41 Å². The molecule has 1 rings (SSSR count). The fourth-order valence-electron chi connectivity index (χ4n) is 1.98. The number of aliphatic hydroxyl groups excluding tert-OH is 1. The van der Waals surface area contributed by atoms with Crippen LogP contribution in [0.25, 0.3) is 0 Å². The number of hydrogen-bond acceptors (Lipinski definition) is 4. The van der Waals surface area contributed by atoms with Crippen molar-refractivity contribution in [1.82, 2.24) is 9.80 Å². The van der Waals surface area contributed by atoms with E-state index in [0.717, 1.165) is 26.2 Å². The van der Waals surface area contributed by atoms with E-state index in [1.54, 1.807) is 0 Å². The summed E-state index contributed by atoms with van der Waals surface area (Å²) in [4.78, 5) is 15.8. The summed E-state index contributed by atoms with van der Waals surface area (Å²) in [5.41, 5.74) is -0.0953. The van der Waals surface area contributed by atoms with E-state index in [9.17, 15) is 9.90 Å². The van der Waals surface area contributed by atoms with Crippen molar-refractivity contribution in [1.29, 1.82) is 0 Å². The van der Waals surface area contributed by atoms with Gasteiger partial charge in [0.15, 0.2) is 0 Å². The lowest BCUT2D eigenvalue weighted by Gasteiger charge is -2.37. The summed E-state index contributed by atoms with van der Waals surface area (Å²) >= 11 is 0. The first kappa shape index (κ1) is 16.4. The van der Waals surface area contributed by atoms with E-state index in [4.69, 9.17) is 4.74 Å². The second kappa shape index (κ2) is 7.22. The van der Waals surface area contributed by atoms with Gasteiger partial charge in [-0.05, 0) is 12.3 Å². The Labute approximate surface area is 116 Å². The summed E-state index contributed by atoms with van der Waals surface area (Å²) in [5, 5.41) is 10.1. The first-order chi connectivity index (χ1) is 8.84. The number of aliphatic hydroxyl groups is 1. The zero-order chi connectivity index (χ0) is 14.5. The highest BCUT2D eigenvalue weighted by Crippen LogP contribution is 2.20. The van der Waals surface area contributed by atoms with Gasteiger partial charge in [-0.2, -0.15) is 0 Å². The van der Waals surface area contributed by atoms with E-state index in [1.807, 2.05) is 32.6 Å². The normalized spacial score (nSPS) is 19.5. The summed E-state index contributed by atoms with van der Waals surface area (Å²) < 4.78 is 5.14. The lowest BCUT2D eigenvalue weighted by Crippen LogP contribution is -2.52. The summed E-state index contributed by atoms with van der Waals surface area (Å²) in [6, 6.07) is 0. The van der Waals surface area contributed by atoms with Gasteiger partial charge < -0.3 is 14.7 Å². The smallest absolute Gasteiger partial charge is 0.248 e. The molecule has 1 saturated heterocycles. The van der Waals surface area contributed by atoms with E-state index in [0.29, 0.717) is 13.2 Å². The van der Waals surface area contributed by atoms with Crippen molar-refractivity contribution in [2.45, 2.75) is 33.8 Å². The largest absolute Gasteiger partial charge is 0.391 e. The maximum Gasteiger partial charge on any atom is 0.248 e. The van der Waals surface area contributed by atoms with Crippen molar-refractivity contribution in [3.05, 3.63) is 0 Å². The first-order valence-corrected chi connectivity index (χ1v) is 7.10. The Balaban J connectivity index is 2.31. The van der Waals surface area contributed by atoms with Crippen molar-refractivity contribution in [3.8, 4) is 0 Å². The van der Waals surface area contributed by atoms with Gasteiger partial charge in [0.05, 0.1) is 6.10 Å². The van der Waals surface area contributed by atoms with Crippen LogP contribution >= 0.6 is 0 Å². The third-order valence-electron chi connectivity index (χ3n) is 3.59. The number of nitrogens with zero attached hydrogens (tertiary/aromatic N) is 2. The summed E-state index contributed by atoms with van der Waals surface area (Å²) in [7, 11) is 0. The number of hydrogen-bond donors (Lipinski definition) is 1. The number of ether oxygens (including phenoxy) is 1. The quantitative estimate of drug-likeness (QED) is 0.795. The molecule has 0 aromatic heterocycles. The average molecular weight is 272 g/mol. The molecule has 0 aromatic carbocycles. The van der Waals surface area contributed by atoms with Gasteiger partial charge >= 0.3 is 0 Å². The number of β-amino-alcohol motifs (C(OH)–C–C–N with tert-alkyl or cyclic N) is 1. The van der Waals surface area contributed by atoms with E-state index in [2.05, 4.69) is 4.90 Å². The van der Waals surface area contributed by atoms with Crippen molar-refractivity contribution in [2.75, 3.05) is 45.9 Å². The Morgan fingerprint density at radius 2 is 1.84 bits per heavy atom. The van der Waals surface area contributed by atoms with Crippen LogP contribution in [0.15, 0.2) is 0 Å². The van der Waals surface area contributed by atoms with Gasteiger partial charge in [-0.15, -0.1) is 0 Å². The molecule has 1 aliphatic rings. The van der Waals surface area contributed by atoms with Crippen molar-refractivity contribution >= 4 is 5.91 Å². The van der Waals surface area contributed by atoms with Crippen LogP contribution in [0.4, 0.5) is 0 Å². The zero-order valence-corrected chi connectivity index (χ0v) is 12.7. The number of carbonyl (C=O) groups is 1. The van der Waals surface area contributed by atoms with E-state index < -0.39 is 0 Å². The van der Waals surface area contributed by atoms with Crippen LogP contribution in [-0.4, -0.2) is 72.9 Å². The Kier molecular flexibility index (Phi) is 6.23. The standard InChI is InChI=1S/C14H28N2O3/c1-5-19-11-13(18)16-8-6-15(7-9-16)10-12(17)14(2,3)4/h12,17H,5-11H2,1-4H3/t12-/m0/s1. The van der Waals surface area contributed by atoms with Crippen molar-refractivity contribution in [3.63, 3.8) is 0 Å². The van der Waals surface area contributed by atoms with Gasteiger partial charge in [0.25, 0.3) is 0 Å². The van der Waals surface area contributed by atoms with E-state index >= 15 is 0 Å². The minimum Gasteiger partial charge on any atom is -0.391 e. The molecule has 1 N–H and O–H groups in total. The maximum atomic E-state index is 11.8. The Bertz CT molecular complexity index is 281. The molecule has 19 heavy (non-hydrogen) atoms. The van der Waals surface area contributed by atoms with Gasteiger partial charge in [-0.25, -0.2) is 0 Å². The zero-order valence-electron chi connectivity index (χ0n) is 12.7. The number of amides is 1. The Hall–Kier alpha value is -0.650. The minimum atomic E-state index is -0.335. The van der Waals surface area contributed by atoms with Crippen LogP contribution < -0.4 is 0 Å². The van der Waals surface area contributed by atoms with Gasteiger partial charge in [-0.1, -0.05) is 20.8 Å². The number of carbonyl (C=O) groups excluding carboxylic acids is 1. The molecule has 0 bridgehead atoms. The lowest BCUT2D eigenvalue weighted by molar-refractivity contribution is -0.138. The van der Waals surface area contributed by atoms with Gasteiger partial charge in [0.1, 0.15) is 6.61 Å².